The van der Waals surface area contributed by atoms with Crippen molar-refractivity contribution >= 4 is 23.7 Å². The monoisotopic (exact) mass is 478 g/mol. The van der Waals surface area contributed by atoms with Crippen molar-refractivity contribution in [3.05, 3.63) is 35.9 Å². The van der Waals surface area contributed by atoms with E-state index in [1.54, 1.807) is 13.8 Å². The Hall–Kier alpha value is -2.98. The topological polar surface area (TPSA) is 171 Å². The number of aliphatic carboxylic acids is 1. The number of aliphatic hydroxyl groups excluding tert-OH is 1. The maximum absolute atomic E-state index is 12.9. The maximum atomic E-state index is 12.9. The van der Waals surface area contributed by atoms with E-state index in [2.05, 4.69) is 16.0 Å². The Labute approximate surface area is 200 Å². The molecule has 0 aromatic heterocycles. The van der Waals surface area contributed by atoms with Crippen LogP contribution in [0.1, 0.15) is 46.6 Å². The van der Waals surface area contributed by atoms with Gasteiger partial charge in [0.25, 0.3) is 0 Å². The second-order valence-corrected chi connectivity index (χ2v) is 9.28. The Morgan fingerprint density at radius 3 is 1.85 bits per heavy atom. The first-order valence-electron chi connectivity index (χ1n) is 11.4. The number of carbonyl (C=O) groups excluding carboxylic acids is 3. The highest BCUT2D eigenvalue weighted by atomic mass is 16.4. The Balaban J connectivity index is 2.88. The lowest BCUT2D eigenvalue weighted by Gasteiger charge is -2.28. The summed E-state index contributed by atoms with van der Waals surface area (Å²) in [6.45, 7) is 8.38. The van der Waals surface area contributed by atoms with Crippen LogP contribution in [0.15, 0.2) is 30.3 Å². The predicted octanol–water partition coefficient (Wildman–Crippen LogP) is 0.178. The maximum Gasteiger partial charge on any atom is 0.326 e. The number of amides is 3. The number of hydrogen-bond donors (Lipinski definition) is 6. The van der Waals surface area contributed by atoms with Gasteiger partial charge < -0.3 is 31.9 Å². The van der Waals surface area contributed by atoms with E-state index in [0.717, 1.165) is 5.56 Å². The highest BCUT2D eigenvalue weighted by molar-refractivity contribution is 5.94. The third-order valence-corrected chi connectivity index (χ3v) is 5.27. The van der Waals surface area contributed by atoms with E-state index < -0.39 is 54.0 Å². The molecule has 0 heterocycles. The fourth-order valence-corrected chi connectivity index (χ4v) is 3.36. The number of hydrogen-bond acceptors (Lipinski definition) is 6. The van der Waals surface area contributed by atoms with Gasteiger partial charge in [-0.05, 0) is 37.2 Å². The third kappa shape index (κ3) is 9.48. The molecular formula is C24H38N4O6. The van der Waals surface area contributed by atoms with Gasteiger partial charge in [0, 0.05) is 0 Å². The van der Waals surface area contributed by atoms with E-state index >= 15 is 0 Å². The molecule has 0 bridgehead atoms. The zero-order valence-corrected chi connectivity index (χ0v) is 20.4. The quantitative estimate of drug-likeness (QED) is 0.235. The number of carbonyl (C=O) groups is 4. The van der Waals surface area contributed by atoms with Crippen LogP contribution in [0.3, 0.4) is 0 Å². The highest BCUT2D eigenvalue weighted by Gasteiger charge is 2.33. The number of rotatable bonds is 13. The fourth-order valence-electron chi connectivity index (χ4n) is 3.36. The van der Waals surface area contributed by atoms with Crippen LogP contribution in [-0.4, -0.2) is 64.2 Å². The molecule has 0 saturated carbocycles. The molecule has 0 aliphatic carbocycles. The van der Waals surface area contributed by atoms with Crippen molar-refractivity contribution in [1.82, 2.24) is 16.0 Å². The van der Waals surface area contributed by atoms with Gasteiger partial charge in [0.1, 0.15) is 18.1 Å². The van der Waals surface area contributed by atoms with Crippen molar-refractivity contribution in [2.24, 2.45) is 17.6 Å². The highest BCUT2D eigenvalue weighted by Crippen LogP contribution is 2.09. The Morgan fingerprint density at radius 1 is 0.853 bits per heavy atom. The number of nitrogens with one attached hydrogen (secondary N) is 3. The van der Waals surface area contributed by atoms with Crippen molar-refractivity contribution in [1.29, 1.82) is 0 Å². The van der Waals surface area contributed by atoms with E-state index in [4.69, 9.17) is 5.73 Å². The van der Waals surface area contributed by atoms with Gasteiger partial charge in [-0.3, -0.25) is 14.4 Å². The summed E-state index contributed by atoms with van der Waals surface area (Å²) in [5.41, 5.74) is 6.82. The summed E-state index contributed by atoms with van der Waals surface area (Å²) in [6, 6.07) is 4.64. The molecule has 0 aliphatic rings. The molecule has 10 nitrogen and oxygen atoms in total. The number of nitrogens with two attached hydrogens (primary N) is 1. The number of aliphatic hydroxyl groups is 1. The lowest BCUT2D eigenvalue weighted by Crippen LogP contribution is -2.61. The van der Waals surface area contributed by atoms with Crippen LogP contribution in [0.2, 0.25) is 0 Å². The van der Waals surface area contributed by atoms with Crippen molar-refractivity contribution in [2.45, 2.75) is 77.7 Å². The standard InChI is InChI=1S/C24H38N4O6/c1-13(2)11-18(24(33)34)26-22(31)19(14(3)4)27-23(32)20(15(5)29)28-21(30)17(25)12-16-9-7-6-8-10-16/h6-10,13-15,17-20,29H,11-12,25H2,1-5H3,(H,26,31)(H,27,32)(H,28,30)(H,33,34). The molecule has 10 heteroatoms. The van der Waals surface area contributed by atoms with Crippen LogP contribution in [0.25, 0.3) is 0 Å². The molecule has 1 rings (SSSR count). The van der Waals surface area contributed by atoms with Gasteiger partial charge in [0.05, 0.1) is 12.1 Å². The minimum atomic E-state index is -1.35. The molecule has 5 unspecified atom stereocenters. The van der Waals surface area contributed by atoms with Gasteiger partial charge >= 0.3 is 5.97 Å². The van der Waals surface area contributed by atoms with Crippen LogP contribution >= 0.6 is 0 Å². The van der Waals surface area contributed by atoms with E-state index in [1.165, 1.54) is 6.92 Å². The number of carboxylic acids is 1. The second-order valence-electron chi connectivity index (χ2n) is 9.28. The van der Waals surface area contributed by atoms with Crippen LogP contribution in [0, 0.1) is 11.8 Å². The average molecular weight is 479 g/mol. The van der Waals surface area contributed by atoms with Gasteiger partial charge in [0.2, 0.25) is 17.7 Å². The molecule has 5 atom stereocenters. The lowest BCUT2D eigenvalue weighted by atomic mass is 9.99. The van der Waals surface area contributed by atoms with Gasteiger partial charge in [-0.1, -0.05) is 58.0 Å². The third-order valence-electron chi connectivity index (χ3n) is 5.27. The first kappa shape index (κ1) is 29.1. The summed E-state index contributed by atoms with van der Waals surface area (Å²) in [7, 11) is 0. The summed E-state index contributed by atoms with van der Waals surface area (Å²) >= 11 is 0. The van der Waals surface area contributed by atoms with Gasteiger partial charge in [-0.15, -0.1) is 0 Å². The molecule has 0 saturated heterocycles. The first-order chi connectivity index (χ1) is 15.8. The molecule has 0 spiro atoms. The Morgan fingerprint density at radius 2 is 1.38 bits per heavy atom. The lowest BCUT2D eigenvalue weighted by molar-refractivity contribution is -0.143. The summed E-state index contributed by atoms with van der Waals surface area (Å²) < 4.78 is 0. The van der Waals surface area contributed by atoms with Crippen LogP contribution in [0.5, 0.6) is 0 Å². The van der Waals surface area contributed by atoms with Crippen molar-refractivity contribution in [2.75, 3.05) is 0 Å². The van der Waals surface area contributed by atoms with E-state index in [1.807, 2.05) is 44.2 Å². The van der Waals surface area contributed by atoms with E-state index in [0.29, 0.717) is 0 Å². The molecule has 0 fully saturated rings. The molecule has 3 amide bonds. The molecule has 1 aromatic rings. The summed E-state index contributed by atoms with van der Waals surface area (Å²) in [5, 5.41) is 27.0. The predicted molar refractivity (Wildman–Crippen MR) is 128 cm³/mol. The SMILES string of the molecule is CC(C)CC(NC(=O)C(NC(=O)C(NC(=O)C(N)Cc1ccccc1)C(C)O)C(C)C)C(=O)O. The number of benzene rings is 1. The van der Waals surface area contributed by atoms with Crippen LogP contribution in [-0.2, 0) is 25.6 Å². The minimum Gasteiger partial charge on any atom is -0.480 e. The molecular weight excluding hydrogens is 440 g/mol. The summed E-state index contributed by atoms with van der Waals surface area (Å²) in [4.78, 5) is 49.8. The van der Waals surface area contributed by atoms with E-state index in [-0.39, 0.29) is 24.7 Å². The average Bonchev–Trinajstić information content (AvgIpc) is 2.74. The second kappa shape index (κ2) is 13.7. The molecule has 7 N–H and O–H groups in total. The molecule has 190 valence electrons. The van der Waals surface area contributed by atoms with E-state index in [9.17, 15) is 29.4 Å². The summed E-state index contributed by atoms with van der Waals surface area (Å²) in [6.07, 6.45) is -0.799. The van der Waals surface area contributed by atoms with Gasteiger partial charge in [-0.2, -0.15) is 0 Å². The van der Waals surface area contributed by atoms with Crippen molar-refractivity contribution in [3.8, 4) is 0 Å². The van der Waals surface area contributed by atoms with Crippen molar-refractivity contribution in [3.63, 3.8) is 0 Å². The summed E-state index contributed by atoms with van der Waals surface area (Å²) in [5.74, 6) is -3.59. The smallest absolute Gasteiger partial charge is 0.326 e. The largest absolute Gasteiger partial charge is 0.480 e. The van der Waals surface area contributed by atoms with Gasteiger partial charge in [-0.25, -0.2) is 4.79 Å². The molecule has 0 aliphatic heterocycles. The first-order valence-corrected chi connectivity index (χ1v) is 11.4. The zero-order chi connectivity index (χ0) is 26.0. The Bertz CT molecular complexity index is 828. The fraction of sp³-hybridized carbons (Fsp3) is 0.583. The Kier molecular flexibility index (Phi) is 11.7. The van der Waals surface area contributed by atoms with Crippen LogP contribution < -0.4 is 21.7 Å². The molecule has 0 radical (unpaired) electrons. The molecule has 34 heavy (non-hydrogen) atoms. The molecule has 1 aromatic carbocycles. The normalized spacial score (nSPS) is 15.7. The minimum absolute atomic E-state index is 0.0309. The zero-order valence-electron chi connectivity index (χ0n) is 20.4. The van der Waals surface area contributed by atoms with Gasteiger partial charge in [0.15, 0.2) is 0 Å². The van der Waals surface area contributed by atoms with Crippen LogP contribution in [0.4, 0.5) is 0 Å². The van der Waals surface area contributed by atoms with Crippen molar-refractivity contribution < 1.29 is 29.4 Å². The number of carboxylic acid groups (broad SMARTS) is 1.